The predicted molar refractivity (Wildman–Crippen MR) is 104 cm³/mol. The molecule has 28 heavy (non-hydrogen) atoms. The maximum atomic E-state index is 12.1. The smallest absolute Gasteiger partial charge is 0.373 e. The molecule has 1 amide bonds. The van der Waals surface area contributed by atoms with E-state index in [2.05, 4.69) is 10.3 Å². The van der Waals surface area contributed by atoms with Crippen molar-refractivity contribution in [2.75, 3.05) is 11.9 Å². The summed E-state index contributed by atoms with van der Waals surface area (Å²) in [5.74, 6) is 0.761. The summed E-state index contributed by atoms with van der Waals surface area (Å²) < 4.78 is 11.8. The number of carbonyl (C=O) groups is 1. The molecule has 0 unspecified atom stereocenters. The molecule has 140 valence electrons. The number of pyridine rings is 1. The number of oxazole rings is 1. The Balaban J connectivity index is 1.42. The van der Waals surface area contributed by atoms with E-state index >= 15 is 0 Å². The minimum Gasteiger partial charge on any atom is -0.710 e. The topological polar surface area (TPSA) is 91.3 Å². The zero-order valence-corrected chi connectivity index (χ0v) is 15.1. The lowest BCUT2D eigenvalue weighted by Crippen LogP contribution is -2.25. The van der Waals surface area contributed by atoms with Gasteiger partial charge in [0.2, 0.25) is 5.58 Å². The van der Waals surface area contributed by atoms with Crippen LogP contribution in [-0.2, 0) is 4.79 Å². The number of carbonyl (C=O) groups excluding carboxylic acids is 1. The van der Waals surface area contributed by atoms with Crippen LogP contribution < -0.4 is 14.8 Å². The fourth-order valence-electron chi connectivity index (χ4n) is 2.75. The zero-order valence-electron chi connectivity index (χ0n) is 15.1. The Hall–Kier alpha value is -3.87. The lowest BCUT2D eigenvalue weighted by Gasteiger charge is -2.09. The standard InChI is InChI=1S/C21H17N3O4/c1-14-5-2-3-6-17(14)27-13-19(25)22-16-10-8-15(9-11-16)21-23-20-18(28-21)7-4-12-24(20)26/h2-12H,13H2,1H3,(H,22,25). The van der Waals surface area contributed by atoms with Gasteiger partial charge in [-0.1, -0.05) is 18.2 Å². The first-order valence-corrected chi connectivity index (χ1v) is 8.67. The molecule has 0 saturated heterocycles. The molecule has 2 heterocycles. The Kier molecular flexibility index (Phi) is 4.63. The van der Waals surface area contributed by atoms with Crippen molar-refractivity contribution >= 4 is 22.8 Å². The number of hydrogen-bond donors (Lipinski definition) is 1. The highest BCUT2D eigenvalue weighted by Gasteiger charge is 2.17. The molecule has 0 aliphatic rings. The summed E-state index contributed by atoms with van der Waals surface area (Å²) in [6.07, 6.45) is 1.37. The third-order valence-corrected chi connectivity index (χ3v) is 4.18. The van der Waals surface area contributed by atoms with Gasteiger partial charge in [0.1, 0.15) is 5.75 Å². The number of amides is 1. The zero-order chi connectivity index (χ0) is 19.5. The van der Waals surface area contributed by atoms with Crippen LogP contribution in [0, 0.1) is 12.1 Å². The van der Waals surface area contributed by atoms with Crippen molar-refractivity contribution in [3.05, 3.63) is 77.6 Å². The molecule has 0 aliphatic heterocycles. The molecule has 2 aromatic carbocycles. The van der Waals surface area contributed by atoms with Gasteiger partial charge >= 0.3 is 11.5 Å². The molecule has 0 spiro atoms. The molecule has 4 aromatic rings. The van der Waals surface area contributed by atoms with Crippen molar-refractivity contribution in [2.45, 2.75) is 6.92 Å². The van der Waals surface area contributed by atoms with Gasteiger partial charge in [0, 0.05) is 10.7 Å². The second kappa shape index (κ2) is 7.40. The van der Waals surface area contributed by atoms with Crippen LogP contribution >= 0.6 is 0 Å². The van der Waals surface area contributed by atoms with E-state index in [1.807, 2.05) is 31.2 Å². The lowest BCUT2D eigenvalue weighted by atomic mass is 10.2. The Labute approximate surface area is 160 Å². The summed E-state index contributed by atoms with van der Waals surface area (Å²) in [7, 11) is 0. The van der Waals surface area contributed by atoms with Crippen molar-refractivity contribution < 1.29 is 18.7 Å². The molecular formula is C21H17N3O4. The van der Waals surface area contributed by atoms with E-state index in [-0.39, 0.29) is 18.2 Å². The number of aromatic nitrogens is 2. The van der Waals surface area contributed by atoms with E-state index in [9.17, 15) is 10.0 Å². The molecular weight excluding hydrogens is 358 g/mol. The normalized spacial score (nSPS) is 10.8. The van der Waals surface area contributed by atoms with Gasteiger partial charge in [0.25, 0.3) is 5.91 Å². The van der Waals surface area contributed by atoms with Gasteiger partial charge in [-0.3, -0.25) is 4.79 Å². The molecule has 4 rings (SSSR count). The third-order valence-electron chi connectivity index (χ3n) is 4.18. The van der Waals surface area contributed by atoms with Crippen LogP contribution in [0.3, 0.4) is 0 Å². The highest BCUT2D eigenvalue weighted by molar-refractivity contribution is 5.92. The van der Waals surface area contributed by atoms with E-state index in [1.165, 1.54) is 6.20 Å². The summed E-state index contributed by atoms with van der Waals surface area (Å²) in [4.78, 5) is 16.3. The van der Waals surface area contributed by atoms with Crippen LogP contribution in [0.5, 0.6) is 5.75 Å². The number of aryl methyl sites for hydroxylation is 1. The largest absolute Gasteiger partial charge is 0.710 e. The van der Waals surface area contributed by atoms with Gasteiger partial charge < -0.3 is 19.7 Å². The summed E-state index contributed by atoms with van der Waals surface area (Å²) >= 11 is 0. The number of fused-ring (bicyclic) bond motifs is 1. The number of benzene rings is 2. The van der Waals surface area contributed by atoms with E-state index < -0.39 is 0 Å². The fourth-order valence-corrected chi connectivity index (χ4v) is 2.75. The van der Waals surface area contributed by atoms with E-state index in [4.69, 9.17) is 9.15 Å². The minimum atomic E-state index is -0.259. The monoisotopic (exact) mass is 375 g/mol. The first-order chi connectivity index (χ1) is 13.6. The number of nitrogens with zero attached hydrogens (tertiary/aromatic N) is 2. The van der Waals surface area contributed by atoms with Crippen molar-refractivity contribution in [3.63, 3.8) is 0 Å². The van der Waals surface area contributed by atoms with Crippen LogP contribution in [0.15, 0.2) is 71.3 Å². The highest BCUT2D eigenvalue weighted by Crippen LogP contribution is 2.24. The first-order valence-electron chi connectivity index (χ1n) is 8.67. The summed E-state index contributed by atoms with van der Waals surface area (Å²) in [5.41, 5.74) is 2.93. The maximum Gasteiger partial charge on any atom is 0.373 e. The van der Waals surface area contributed by atoms with E-state index in [0.29, 0.717) is 33.2 Å². The molecule has 0 bridgehead atoms. The molecule has 1 N–H and O–H groups in total. The number of anilines is 1. The number of rotatable bonds is 5. The van der Waals surface area contributed by atoms with Crippen LogP contribution in [0.4, 0.5) is 5.69 Å². The van der Waals surface area contributed by atoms with Crippen molar-refractivity contribution in [1.29, 1.82) is 0 Å². The molecule has 0 aliphatic carbocycles. The Morgan fingerprint density at radius 1 is 1.14 bits per heavy atom. The van der Waals surface area contributed by atoms with E-state index in [0.717, 1.165) is 5.56 Å². The average molecular weight is 375 g/mol. The van der Waals surface area contributed by atoms with Gasteiger partial charge in [0.15, 0.2) is 6.61 Å². The molecule has 0 fully saturated rings. The molecule has 0 atom stereocenters. The highest BCUT2D eigenvalue weighted by atomic mass is 16.5. The fraction of sp³-hybridized carbons (Fsp3) is 0.0952. The maximum absolute atomic E-state index is 12.1. The summed E-state index contributed by atoms with van der Waals surface area (Å²) in [5, 5.41) is 14.5. The van der Waals surface area contributed by atoms with Gasteiger partial charge in [-0.05, 0) is 55.0 Å². The average Bonchev–Trinajstić information content (AvgIpc) is 3.14. The van der Waals surface area contributed by atoms with Crippen LogP contribution in [0.2, 0.25) is 0 Å². The number of nitrogens with one attached hydrogen (secondary N) is 1. The molecule has 0 radical (unpaired) electrons. The molecule has 2 aromatic heterocycles. The van der Waals surface area contributed by atoms with Crippen molar-refractivity contribution in [1.82, 2.24) is 4.98 Å². The number of hydrogen-bond acceptors (Lipinski definition) is 5. The van der Waals surface area contributed by atoms with Gasteiger partial charge in [0.05, 0.1) is 11.8 Å². The second-order valence-electron chi connectivity index (χ2n) is 6.22. The SMILES string of the molecule is Cc1ccccc1OCC(=O)Nc1ccc(-c2nc3c(ccc[n+]3[O-])o2)cc1. The van der Waals surface area contributed by atoms with Crippen LogP contribution in [-0.4, -0.2) is 17.5 Å². The first kappa shape index (κ1) is 17.5. The number of ether oxygens (including phenoxy) is 1. The minimum absolute atomic E-state index is 0.0821. The van der Waals surface area contributed by atoms with Gasteiger partial charge in [-0.15, -0.1) is 0 Å². The molecule has 7 heteroatoms. The lowest BCUT2D eigenvalue weighted by molar-refractivity contribution is -0.579. The second-order valence-corrected chi connectivity index (χ2v) is 6.22. The quantitative estimate of drug-likeness (QED) is 0.426. The van der Waals surface area contributed by atoms with Crippen molar-refractivity contribution in [3.8, 4) is 17.2 Å². The van der Waals surface area contributed by atoms with Crippen molar-refractivity contribution in [2.24, 2.45) is 0 Å². The summed E-state index contributed by atoms with van der Waals surface area (Å²) in [6, 6.07) is 17.8. The Morgan fingerprint density at radius 2 is 1.93 bits per heavy atom. The van der Waals surface area contributed by atoms with E-state index in [1.54, 1.807) is 36.4 Å². The predicted octanol–water partition coefficient (Wildman–Crippen LogP) is 3.45. The third kappa shape index (κ3) is 3.64. The number of para-hydroxylation sites is 1. The molecule has 0 saturated carbocycles. The Morgan fingerprint density at radius 3 is 2.68 bits per heavy atom. The van der Waals surface area contributed by atoms with Crippen LogP contribution in [0.1, 0.15) is 5.56 Å². The molecule has 7 nitrogen and oxygen atoms in total. The van der Waals surface area contributed by atoms with Gasteiger partial charge in [-0.2, -0.15) is 0 Å². The van der Waals surface area contributed by atoms with Gasteiger partial charge in [-0.25, -0.2) is 4.73 Å². The summed E-state index contributed by atoms with van der Waals surface area (Å²) in [6.45, 7) is 1.84. The Bertz CT molecular complexity index is 1140. The van der Waals surface area contributed by atoms with Crippen LogP contribution in [0.25, 0.3) is 22.7 Å².